The normalized spacial score (nSPS) is 16.3. The number of carbonyl (C=O) groups is 1. The minimum Gasteiger partial charge on any atom is -0.445 e. The van der Waals surface area contributed by atoms with E-state index in [-0.39, 0.29) is 30.4 Å². The van der Waals surface area contributed by atoms with E-state index >= 15 is 0 Å². The smallest absolute Gasteiger partial charge is 0.445 e. The second-order valence-electron chi connectivity index (χ2n) is 12.7. The molecule has 288 valence electrons. The summed E-state index contributed by atoms with van der Waals surface area (Å²) >= 11 is 1.22. The number of aliphatic hydroxyl groups is 2. The average Bonchev–Trinajstić information content (AvgIpc) is 3.78. The Hall–Kier alpha value is -5.49. The Morgan fingerprint density at radius 3 is 2.44 bits per heavy atom. The molecule has 5 aromatic rings. The lowest BCUT2D eigenvalue weighted by atomic mass is 10.00. The number of halogens is 4. The monoisotopic (exact) mass is 779 g/mol. The number of alkyl carbamates (subject to hydrolysis) is 1. The summed E-state index contributed by atoms with van der Waals surface area (Å²) in [5, 5.41) is 32.4. The molecule has 1 saturated heterocycles. The highest BCUT2D eigenvalue weighted by Gasteiger charge is 2.33. The molecule has 1 fully saturated rings. The molecule has 1 aliphatic rings. The number of alkyl halides is 3. The van der Waals surface area contributed by atoms with Crippen LogP contribution in [-0.4, -0.2) is 67.1 Å². The van der Waals surface area contributed by atoms with Crippen molar-refractivity contribution in [1.82, 2.24) is 25.4 Å². The molecule has 0 radical (unpaired) electrons. The quantitative estimate of drug-likeness (QED) is 0.0754. The molecule has 3 unspecified atom stereocenters. The van der Waals surface area contributed by atoms with Gasteiger partial charge >= 0.3 is 12.5 Å². The fourth-order valence-corrected chi connectivity index (χ4v) is 6.70. The van der Waals surface area contributed by atoms with Crippen LogP contribution in [-0.2, 0) is 17.8 Å². The first kappa shape index (κ1) is 39.2. The third kappa shape index (κ3) is 10.6. The lowest BCUT2D eigenvalue weighted by molar-refractivity contribution is -0.274. The van der Waals surface area contributed by atoms with E-state index < -0.39 is 37.0 Å². The van der Waals surface area contributed by atoms with Crippen molar-refractivity contribution in [3.8, 4) is 22.8 Å². The Bertz CT molecular complexity index is 2080. The van der Waals surface area contributed by atoms with Gasteiger partial charge in [0.05, 0.1) is 11.9 Å². The van der Waals surface area contributed by atoms with Crippen molar-refractivity contribution in [2.75, 3.05) is 10.7 Å². The maximum Gasteiger partial charge on any atom is 0.573 e. The lowest BCUT2D eigenvalue weighted by Gasteiger charge is -2.27. The van der Waals surface area contributed by atoms with Crippen LogP contribution >= 0.6 is 11.8 Å². The summed E-state index contributed by atoms with van der Waals surface area (Å²) in [4.78, 5) is 23.2. The highest BCUT2D eigenvalue weighted by atomic mass is 32.2. The van der Waals surface area contributed by atoms with Gasteiger partial charge in [0, 0.05) is 23.4 Å². The van der Waals surface area contributed by atoms with E-state index in [1.807, 2.05) is 44.2 Å². The van der Waals surface area contributed by atoms with E-state index in [1.54, 1.807) is 35.2 Å². The second kappa shape index (κ2) is 17.3. The Morgan fingerprint density at radius 2 is 1.75 bits per heavy atom. The standard InChI is InChI=1S/C38H37F4N7O5S/c1-23(2)30-19-27(39)12-17-31(30)49-33(50)21-55-36(49)46-35(51)44-32(45-37(52)53-20-25-6-4-3-5-7-25)18-24-8-10-26(11-9-24)34-43-22-48(47-34)28-13-15-29(16-14-28)54-38(40,41)42/h3-17,19,22-23,32-33,35,44,50-51H,18,20-21H2,1-2H3,(H,45,52)/b46-36-. The molecule has 1 amide bonds. The van der Waals surface area contributed by atoms with E-state index in [0.29, 0.717) is 33.5 Å². The molecule has 0 bridgehead atoms. The van der Waals surface area contributed by atoms with Crippen LogP contribution in [0.5, 0.6) is 5.75 Å². The Balaban J connectivity index is 1.17. The van der Waals surface area contributed by atoms with Gasteiger partial charge in [-0.3, -0.25) is 10.2 Å². The van der Waals surface area contributed by atoms with Crippen molar-refractivity contribution in [2.45, 2.75) is 57.9 Å². The van der Waals surface area contributed by atoms with E-state index in [2.05, 4.69) is 30.4 Å². The molecule has 3 atom stereocenters. The van der Waals surface area contributed by atoms with Crippen LogP contribution in [0.3, 0.4) is 0 Å². The van der Waals surface area contributed by atoms with E-state index in [4.69, 9.17) is 4.74 Å². The molecular weight excluding hydrogens is 743 g/mol. The van der Waals surface area contributed by atoms with Gasteiger partial charge in [0.25, 0.3) is 0 Å². The van der Waals surface area contributed by atoms with Crippen LogP contribution in [0.15, 0.2) is 108 Å². The Kier molecular flexibility index (Phi) is 12.3. The summed E-state index contributed by atoms with van der Waals surface area (Å²) in [5.74, 6) is -0.219. The maximum atomic E-state index is 14.2. The van der Waals surface area contributed by atoms with Crippen molar-refractivity contribution in [2.24, 2.45) is 4.99 Å². The van der Waals surface area contributed by atoms with Gasteiger partial charge in [-0.1, -0.05) is 80.2 Å². The van der Waals surface area contributed by atoms with E-state index in [9.17, 15) is 32.6 Å². The molecular formula is C38H37F4N7O5S. The number of thioether (sulfide) groups is 1. The fourth-order valence-electron chi connectivity index (χ4n) is 5.72. The number of carbonyl (C=O) groups excluding carboxylic acids is 1. The molecule has 0 aliphatic carbocycles. The van der Waals surface area contributed by atoms with Gasteiger partial charge in [0.1, 0.15) is 30.7 Å². The van der Waals surface area contributed by atoms with Crippen LogP contribution in [0.1, 0.15) is 36.5 Å². The summed E-state index contributed by atoms with van der Waals surface area (Å²) in [6, 6.07) is 25.7. The molecule has 2 heterocycles. The Morgan fingerprint density at radius 1 is 1.02 bits per heavy atom. The largest absolute Gasteiger partial charge is 0.573 e. The minimum atomic E-state index is -4.80. The zero-order chi connectivity index (χ0) is 39.1. The zero-order valence-corrected chi connectivity index (χ0v) is 30.3. The molecule has 17 heteroatoms. The number of aromatic nitrogens is 3. The summed E-state index contributed by atoms with van der Waals surface area (Å²) < 4.78 is 62.5. The average molecular weight is 780 g/mol. The van der Waals surface area contributed by atoms with Crippen LogP contribution in [0.2, 0.25) is 0 Å². The third-order valence-electron chi connectivity index (χ3n) is 8.30. The number of amides is 1. The van der Waals surface area contributed by atoms with Crippen molar-refractivity contribution in [3.05, 3.63) is 126 Å². The Labute approximate surface area is 317 Å². The predicted octanol–water partition coefficient (Wildman–Crippen LogP) is 6.68. The summed E-state index contributed by atoms with van der Waals surface area (Å²) in [6.07, 6.45) is -7.35. The molecule has 4 aromatic carbocycles. The number of aliphatic imine (C=N–C) groups is 1. The highest BCUT2D eigenvalue weighted by molar-refractivity contribution is 8.14. The second-order valence-corrected chi connectivity index (χ2v) is 13.7. The number of nitrogens with zero attached hydrogens (tertiary/aromatic N) is 5. The third-order valence-corrected chi connectivity index (χ3v) is 9.33. The van der Waals surface area contributed by atoms with E-state index in [0.717, 1.165) is 11.1 Å². The fraction of sp³-hybridized carbons (Fsp3) is 0.263. The number of amidine groups is 1. The first-order valence-corrected chi connectivity index (χ1v) is 18.1. The zero-order valence-electron chi connectivity index (χ0n) is 29.5. The number of anilines is 1. The number of hydrogen-bond donors (Lipinski definition) is 4. The number of nitrogens with one attached hydrogen (secondary N) is 2. The van der Waals surface area contributed by atoms with Crippen molar-refractivity contribution < 1.29 is 42.0 Å². The molecule has 55 heavy (non-hydrogen) atoms. The van der Waals surface area contributed by atoms with Crippen molar-refractivity contribution >= 4 is 28.7 Å². The maximum absolute atomic E-state index is 14.2. The molecule has 1 aromatic heterocycles. The number of aliphatic hydroxyl groups excluding tert-OH is 2. The molecule has 12 nitrogen and oxygen atoms in total. The summed E-state index contributed by atoms with van der Waals surface area (Å²) in [5.41, 5.74) is 3.86. The van der Waals surface area contributed by atoms with Crippen molar-refractivity contribution in [3.63, 3.8) is 0 Å². The topological polar surface area (TPSA) is 146 Å². The summed E-state index contributed by atoms with van der Waals surface area (Å²) in [6.45, 7) is 3.84. The molecule has 4 N–H and O–H groups in total. The lowest BCUT2D eigenvalue weighted by Crippen LogP contribution is -2.51. The van der Waals surface area contributed by atoms with Crippen LogP contribution in [0.25, 0.3) is 17.1 Å². The van der Waals surface area contributed by atoms with Crippen LogP contribution in [0.4, 0.5) is 28.0 Å². The molecule has 6 rings (SSSR count). The highest BCUT2D eigenvalue weighted by Crippen LogP contribution is 2.35. The molecule has 1 aliphatic heterocycles. The number of hydrogen-bond acceptors (Lipinski definition) is 10. The van der Waals surface area contributed by atoms with Gasteiger partial charge in [-0.05, 0) is 65.1 Å². The van der Waals surface area contributed by atoms with E-state index in [1.165, 1.54) is 59.2 Å². The molecule has 0 saturated carbocycles. The minimum absolute atomic E-state index is 0.0173. The number of benzene rings is 4. The van der Waals surface area contributed by atoms with Crippen LogP contribution < -0.4 is 20.3 Å². The van der Waals surface area contributed by atoms with Gasteiger partial charge < -0.3 is 25.0 Å². The van der Waals surface area contributed by atoms with Gasteiger partial charge in [-0.2, -0.15) is 0 Å². The molecule has 0 spiro atoms. The SMILES string of the molecule is CC(C)c1cc(F)ccc1N1/C(=N/C(O)NC(Cc2ccc(-c3ncn(-c4ccc(OC(F)(F)F)cc4)n3)cc2)NC(=O)OCc2ccccc2)SCC1O. The first-order chi connectivity index (χ1) is 26.3. The van der Waals surface area contributed by atoms with Gasteiger partial charge in [-0.15, -0.1) is 18.3 Å². The van der Waals surface area contributed by atoms with Gasteiger partial charge in [-0.25, -0.2) is 23.8 Å². The number of ether oxygens (including phenoxy) is 2. The van der Waals surface area contributed by atoms with Gasteiger partial charge in [0.2, 0.25) is 6.35 Å². The number of rotatable bonds is 13. The predicted molar refractivity (Wildman–Crippen MR) is 199 cm³/mol. The summed E-state index contributed by atoms with van der Waals surface area (Å²) in [7, 11) is 0. The first-order valence-electron chi connectivity index (χ1n) is 17.1. The van der Waals surface area contributed by atoms with Gasteiger partial charge in [0.15, 0.2) is 11.0 Å². The van der Waals surface area contributed by atoms with Crippen molar-refractivity contribution in [1.29, 1.82) is 0 Å². The van der Waals surface area contributed by atoms with Crippen LogP contribution in [0, 0.1) is 5.82 Å².